The highest BCUT2D eigenvalue weighted by Gasteiger charge is 2.03. The summed E-state index contributed by atoms with van der Waals surface area (Å²) >= 11 is 0. The van der Waals surface area contributed by atoms with Gasteiger partial charge in [-0.15, -0.1) is 0 Å². The molecule has 0 unspecified atom stereocenters. The van der Waals surface area contributed by atoms with Crippen LogP contribution in [0.5, 0.6) is 0 Å². The van der Waals surface area contributed by atoms with E-state index >= 15 is 0 Å². The molecule has 90 valence electrons. The minimum atomic E-state index is 0.994. The lowest BCUT2D eigenvalue weighted by Gasteiger charge is -2.08. The van der Waals surface area contributed by atoms with Crippen molar-refractivity contribution < 1.29 is 0 Å². The fourth-order valence-corrected chi connectivity index (χ4v) is 2.21. The molecular formula is C16H21N. The number of hydrogen-bond donors (Lipinski definition) is 0. The van der Waals surface area contributed by atoms with Gasteiger partial charge in [0.2, 0.25) is 0 Å². The first-order valence-electron chi connectivity index (χ1n) is 6.49. The summed E-state index contributed by atoms with van der Waals surface area (Å²) in [5.74, 6) is 0. The Hall–Kier alpha value is -1.50. The quantitative estimate of drug-likeness (QED) is 0.722. The van der Waals surface area contributed by atoms with Crippen molar-refractivity contribution in [2.24, 2.45) is 0 Å². The van der Waals surface area contributed by atoms with Gasteiger partial charge in [-0.05, 0) is 37.0 Å². The van der Waals surface area contributed by atoms with Crippen LogP contribution in [0, 0.1) is 6.92 Å². The lowest BCUT2D eigenvalue weighted by Crippen LogP contribution is -2.03. The van der Waals surface area contributed by atoms with E-state index in [2.05, 4.69) is 61.0 Å². The van der Waals surface area contributed by atoms with Crippen molar-refractivity contribution in [1.82, 2.24) is 4.57 Å². The molecular weight excluding hydrogens is 206 g/mol. The van der Waals surface area contributed by atoms with Gasteiger partial charge in [0, 0.05) is 18.4 Å². The molecule has 2 aromatic rings. The zero-order valence-corrected chi connectivity index (χ0v) is 10.8. The molecule has 0 bridgehead atoms. The first-order valence-corrected chi connectivity index (χ1v) is 6.49. The Morgan fingerprint density at radius 1 is 1.12 bits per heavy atom. The fraction of sp³-hybridized carbons (Fsp3) is 0.375. The standard InChI is InChI=1S/C16H21N/c1-3-4-10-16-11-14(2)12-17(16)13-15-8-6-5-7-9-15/h5-9,11-12H,3-4,10,13H2,1-2H3. The zero-order chi connectivity index (χ0) is 12.1. The third-order valence-corrected chi connectivity index (χ3v) is 3.10. The average Bonchev–Trinajstić information content (AvgIpc) is 2.68. The van der Waals surface area contributed by atoms with Gasteiger partial charge in [-0.3, -0.25) is 0 Å². The highest BCUT2D eigenvalue weighted by atomic mass is 15.0. The van der Waals surface area contributed by atoms with Crippen LogP contribution in [0.25, 0.3) is 0 Å². The van der Waals surface area contributed by atoms with Crippen molar-refractivity contribution in [2.45, 2.75) is 39.7 Å². The molecule has 0 amide bonds. The van der Waals surface area contributed by atoms with E-state index in [0.29, 0.717) is 0 Å². The van der Waals surface area contributed by atoms with Gasteiger partial charge in [0.05, 0.1) is 0 Å². The van der Waals surface area contributed by atoms with Gasteiger partial charge in [-0.25, -0.2) is 0 Å². The predicted octanol–water partition coefficient (Wildman–Crippen LogP) is 4.19. The van der Waals surface area contributed by atoms with Crippen LogP contribution in [0.4, 0.5) is 0 Å². The second-order valence-electron chi connectivity index (χ2n) is 4.73. The Kier molecular flexibility index (Phi) is 4.03. The van der Waals surface area contributed by atoms with Crippen LogP contribution in [-0.2, 0) is 13.0 Å². The molecule has 0 spiro atoms. The molecule has 1 aromatic carbocycles. The minimum Gasteiger partial charge on any atom is -0.347 e. The lowest BCUT2D eigenvalue weighted by atomic mass is 10.2. The summed E-state index contributed by atoms with van der Waals surface area (Å²) in [6.45, 7) is 5.42. The molecule has 1 nitrogen and oxygen atoms in total. The van der Waals surface area contributed by atoms with Crippen LogP contribution in [-0.4, -0.2) is 4.57 Å². The van der Waals surface area contributed by atoms with Crippen molar-refractivity contribution in [3.05, 3.63) is 59.4 Å². The molecule has 0 saturated carbocycles. The number of aromatic nitrogens is 1. The zero-order valence-electron chi connectivity index (χ0n) is 10.8. The lowest BCUT2D eigenvalue weighted by molar-refractivity contribution is 0.697. The molecule has 0 radical (unpaired) electrons. The molecule has 2 rings (SSSR count). The van der Waals surface area contributed by atoms with Crippen LogP contribution >= 0.6 is 0 Å². The van der Waals surface area contributed by atoms with Crippen molar-refractivity contribution in [3.8, 4) is 0 Å². The highest BCUT2D eigenvalue weighted by Crippen LogP contribution is 2.13. The summed E-state index contributed by atoms with van der Waals surface area (Å²) in [6.07, 6.45) is 5.99. The third-order valence-electron chi connectivity index (χ3n) is 3.10. The molecule has 0 N–H and O–H groups in total. The molecule has 0 aliphatic rings. The first kappa shape index (κ1) is 12.0. The van der Waals surface area contributed by atoms with Crippen molar-refractivity contribution in [1.29, 1.82) is 0 Å². The van der Waals surface area contributed by atoms with Crippen LogP contribution < -0.4 is 0 Å². The summed E-state index contributed by atoms with van der Waals surface area (Å²) in [5.41, 5.74) is 4.21. The van der Waals surface area contributed by atoms with Crippen LogP contribution in [0.1, 0.15) is 36.6 Å². The fourth-order valence-electron chi connectivity index (χ4n) is 2.21. The van der Waals surface area contributed by atoms with Gasteiger partial charge in [0.25, 0.3) is 0 Å². The molecule has 0 atom stereocenters. The van der Waals surface area contributed by atoms with Gasteiger partial charge >= 0.3 is 0 Å². The Morgan fingerprint density at radius 2 is 1.88 bits per heavy atom. The van der Waals surface area contributed by atoms with Gasteiger partial charge < -0.3 is 4.57 Å². The Labute approximate surface area is 104 Å². The second-order valence-corrected chi connectivity index (χ2v) is 4.73. The number of benzene rings is 1. The normalized spacial score (nSPS) is 10.7. The highest BCUT2D eigenvalue weighted by molar-refractivity contribution is 5.21. The molecule has 1 aromatic heterocycles. The topological polar surface area (TPSA) is 4.93 Å². The van der Waals surface area contributed by atoms with E-state index in [0.717, 1.165) is 6.54 Å². The van der Waals surface area contributed by atoms with Gasteiger partial charge in [0.1, 0.15) is 0 Å². The number of nitrogens with zero attached hydrogens (tertiary/aromatic N) is 1. The van der Waals surface area contributed by atoms with E-state index in [4.69, 9.17) is 0 Å². The Balaban J connectivity index is 2.14. The SMILES string of the molecule is CCCCc1cc(C)cn1Cc1ccccc1. The molecule has 0 saturated heterocycles. The summed E-state index contributed by atoms with van der Waals surface area (Å²) < 4.78 is 2.39. The number of unbranched alkanes of at least 4 members (excludes halogenated alkanes) is 1. The molecule has 0 aliphatic carbocycles. The molecule has 1 heterocycles. The van der Waals surface area contributed by atoms with Gasteiger partial charge in [-0.2, -0.15) is 0 Å². The van der Waals surface area contributed by atoms with Crippen molar-refractivity contribution >= 4 is 0 Å². The largest absolute Gasteiger partial charge is 0.347 e. The maximum atomic E-state index is 2.39. The first-order chi connectivity index (χ1) is 8.29. The predicted molar refractivity (Wildman–Crippen MR) is 73.3 cm³/mol. The third kappa shape index (κ3) is 3.23. The van der Waals surface area contributed by atoms with E-state index in [-0.39, 0.29) is 0 Å². The van der Waals surface area contributed by atoms with Crippen LogP contribution in [0.3, 0.4) is 0 Å². The molecule has 17 heavy (non-hydrogen) atoms. The second kappa shape index (κ2) is 5.72. The van der Waals surface area contributed by atoms with E-state index in [9.17, 15) is 0 Å². The maximum Gasteiger partial charge on any atom is 0.0472 e. The van der Waals surface area contributed by atoms with Crippen LogP contribution in [0.2, 0.25) is 0 Å². The number of rotatable bonds is 5. The van der Waals surface area contributed by atoms with E-state index < -0.39 is 0 Å². The number of aryl methyl sites for hydroxylation is 2. The molecule has 0 fully saturated rings. The van der Waals surface area contributed by atoms with E-state index in [1.807, 2.05) is 0 Å². The van der Waals surface area contributed by atoms with E-state index in [1.165, 1.54) is 36.1 Å². The van der Waals surface area contributed by atoms with Crippen molar-refractivity contribution in [3.63, 3.8) is 0 Å². The number of hydrogen-bond acceptors (Lipinski definition) is 0. The molecule has 0 aliphatic heterocycles. The van der Waals surface area contributed by atoms with Crippen LogP contribution in [0.15, 0.2) is 42.6 Å². The molecule has 1 heteroatoms. The van der Waals surface area contributed by atoms with Gasteiger partial charge in [-0.1, -0.05) is 43.7 Å². The van der Waals surface area contributed by atoms with E-state index in [1.54, 1.807) is 0 Å². The summed E-state index contributed by atoms with van der Waals surface area (Å²) in [6, 6.07) is 13.0. The monoisotopic (exact) mass is 227 g/mol. The summed E-state index contributed by atoms with van der Waals surface area (Å²) in [5, 5.41) is 0. The Bertz CT molecular complexity index is 454. The average molecular weight is 227 g/mol. The summed E-state index contributed by atoms with van der Waals surface area (Å²) in [7, 11) is 0. The maximum absolute atomic E-state index is 2.39. The van der Waals surface area contributed by atoms with Crippen molar-refractivity contribution in [2.75, 3.05) is 0 Å². The summed E-state index contributed by atoms with van der Waals surface area (Å²) in [4.78, 5) is 0. The Morgan fingerprint density at radius 3 is 2.59 bits per heavy atom. The minimum absolute atomic E-state index is 0.994. The van der Waals surface area contributed by atoms with Gasteiger partial charge in [0.15, 0.2) is 0 Å². The smallest absolute Gasteiger partial charge is 0.0472 e.